The summed E-state index contributed by atoms with van der Waals surface area (Å²) >= 11 is 0. The third kappa shape index (κ3) is 16.0. The van der Waals surface area contributed by atoms with Crippen molar-refractivity contribution in [3.63, 3.8) is 0 Å². The van der Waals surface area contributed by atoms with E-state index >= 15 is 0 Å². The number of para-hydroxylation sites is 4. The van der Waals surface area contributed by atoms with Crippen LogP contribution in [-0.2, 0) is 82.3 Å². The summed E-state index contributed by atoms with van der Waals surface area (Å²) in [6.45, 7) is 0. The first-order valence-electron chi connectivity index (χ1n) is 51.2. The van der Waals surface area contributed by atoms with Crippen molar-refractivity contribution in [2.24, 2.45) is 11.8 Å². The minimum Gasteiger partial charge on any atom is -0.358 e. The summed E-state index contributed by atoms with van der Waals surface area (Å²) in [7, 11) is 18.1. The van der Waals surface area contributed by atoms with Gasteiger partial charge in [0, 0.05) is 110 Å². The highest BCUT2D eigenvalue weighted by molar-refractivity contribution is 5.88. The largest absolute Gasteiger partial charge is 0.358 e. The number of hydrogen-bond acceptors (Lipinski definition) is 4. The number of benzene rings is 12. The monoisotopic (exact) mass is 1800 g/mol. The van der Waals surface area contributed by atoms with Crippen LogP contribution in [-0.4, -0.2) is 95.9 Å². The zero-order valence-electron chi connectivity index (χ0n) is 81.4. The predicted molar refractivity (Wildman–Crippen MR) is 560 cm³/mol. The molecule has 0 saturated heterocycles. The van der Waals surface area contributed by atoms with E-state index in [1.54, 1.807) is 41.1 Å². The first kappa shape index (κ1) is 90.9. The van der Waals surface area contributed by atoms with Crippen molar-refractivity contribution in [2.75, 3.05) is 56.4 Å². The zero-order valence-corrected chi connectivity index (χ0v) is 81.4. The highest BCUT2D eigenvalue weighted by Crippen LogP contribution is 2.65. The Bertz CT molecular complexity index is 6800. The van der Waals surface area contributed by atoms with Crippen molar-refractivity contribution in [1.82, 2.24) is 39.5 Å². The average molecular weight is 1800 g/mol. The van der Waals surface area contributed by atoms with Gasteiger partial charge < -0.3 is 19.9 Å². The lowest BCUT2D eigenvalue weighted by Crippen LogP contribution is -2.54. The maximum Gasteiger partial charge on any atom is 0.123 e. The minimum absolute atomic E-state index is 0.000826. The highest BCUT2D eigenvalue weighted by Gasteiger charge is 2.59. The summed E-state index contributed by atoms with van der Waals surface area (Å²) in [5, 5.41) is 5.66. The number of aromatic nitrogens is 4. The molecule has 4 heterocycles. The first-order chi connectivity index (χ1) is 66.3. The number of hydrogen-bond donors (Lipinski definition) is 4. The van der Waals surface area contributed by atoms with Crippen LogP contribution >= 0.6 is 0 Å². The summed E-state index contributed by atoms with van der Waals surface area (Å²) in [5.41, 5.74) is 29.2. The number of fused-ring (bicyclic) bond motifs is 16. The Labute approximate surface area is 806 Å². The molecule has 0 aliphatic heterocycles. The molecule has 12 atom stereocenters. The fourth-order valence-electron chi connectivity index (χ4n) is 29.3. The first-order valence-corrected chi connectivity index (χ1v) is 51.2. The Morgan fingerprint density at radius 2 is 0.485 bits per heavy atom. The molecule has 4 saturated carbocycles. The van der Waals surface area contributed by atoms with Crippen LogP contribution in [0.1, 0.15) is 230 Å². The second-order valence-electron chi connectivity index (χ2n) is 43.1. The van der Waals surface area contributed by atoms with Crippen molar-refractivity contribution >= 4 is 43.6 Å². The van der Waals surface area contributed by atoms with Crippen LogP contribution in [0.4, 0.5) is 8.78 Å². The summed E-state index contributed by atoms with van der Waals surface area (Å²) in [4.78, 5) is 25.7. The SMILES string of the molecule is CN(C)C1(c2ccccc2)CCC2(CCCc3c2[nH]c2ccccc32)C(Cc2ccc(F)cc2)C1.CN(C)C1(c2ccccc2)CCC2(CCCc3c2[nH]c2ccccc32)C(Cc2ccccc2)C1.CN(C)C1(c2ccccc2)CCC2(CCCc3c2[nH]c2ccccc32)C(c2ccc(F)cc2)C1.CN(C)C1(c2ccccc2)CCC2(CCCc3c2[nH]c2ccccc32)C(c2ccccc2)C1. The quantitative estimate of drug-likeness (QED) is 0.0875. The smallest absolute Gasteiger partial charge is 0.123 e. The lowest BCUT2D eigenvalue weighted by Gasteiger charge is -2.55. The molecule has 4 fully saturated rings. The van der Waals surface area contributed by atoms with Crippen LogP contribution in [0, 0.1) is 23.5 Å². The second kappa shape index (κ2) is 37.4. The number of rotatable bonds is 14. The minimum atomic E-state index is -0.162. The van der Waals surface area contributed by atoms with Crippen molar-refractivity contribution in [3.05, 3.63) is 429 Å². The van der Waals surface area contributed by atoms with E-state index in [2.05, 4.69) is 375 Å². The summed E-state index contributed by atoms with van der Waals surface area (Å²) in [5.74, 6) is 1.49. The van der Waals surface area contributed by atoms with Gasteiger partial charge in [0.2, 0.25) is 0 Å². The van der Waals surface area contributed by atoms with Crippen molar-refractivity contribution in [1.29, 1.82) is 0 Å². The maximum absolute atomic E-state index is 14.0. The van der Waals surface area contributed by atoms with Crippen LogP contribution in [0.3, 0.4) is 0 Å². The molecule has 12 unspecified atom stereocenters. The van der Waals surface area contributed by atoms with E-state index in [1.807, 2.05) is 24.3 Å². The number of halogens is 2. The normalized spacial score (nSPS) is 26.8. The predicted octanol–water partition coefficient (Wildman–Crippen LogP) is 29.1. The van der Waals surface area contributed by atoms with Gasteiger partial charge in [-0.15, -0.1) is 0 Å². The van der Waals surface area contributed by atoms with E-state index in [0.29, 0.717) is 23.7 Å². The van der Waals surface area contributed by atoms with Crippen molar-refractivity contribution in [3.8, 4) is 0 Å². The molecule has 4 spiro atoms. The van der Waals surface area contributed by atoms with Crippen LogP contribution in [0.5, 0.6) is 0 Å². The molecule has 8 aliphatic carbocycles. The molecule has 0 bridgehead atoms. The Morgan fingerprint density at radius 1 is 0.243 bits per heavy atom. The van der Waals surface area contributed by atoms with Gasteiger partial charge in [0.15, 0.2) is 0 Å². The van der Waals surface area contributed by atoms with E-state index in [0.717, 1.165) is 70.6 Å². The van der Waals surface area contributed by atoms with Gasteiger partial charge in [-0.25, -0.2) is 8.78 Å². The lowest BCUT2D eigenvalue weighted by atomic mass is 9.53. The Kier molecular flexibility index (Phi) is 25.0. The van der Waals surface area contributed by atoms with Crippen molar-refractivity contribution < 1.29 is 8.78 Å². The maximum atomic E-state index is 14.0. The molecule has 0 amide bonds. The highest BCUT2D eigenvalue weighted by atomic mass is 19.1. The van der Waals surface area contributed by atoms with Gasteiger partial charge in [0.1, 0.15) is 11.6 Å². The van der Waals surface area contributed by atoms with E-state index in [4.69, 9.17) is 0 Å². The third-order valence-electron chi connectivity index (χ3n) is 36.4. The summed E-state index contributed by atoms with van der Waals surface area (Å²) in [6.07, 6.45) is 30.5. The van der Waals surface area contributed by atoms with Crippen LogP contribution in [0.2, 0.25) is 0 Å². The van der Waals surface area contributed by atoms with Gasteiger partial charge in [-0.2, -0.15) is 0 Å². The standard InChI is InChI=1S/C32H35FN2.C32H36N2.C31H33FN2.C31H34N2/c1-35(2)32(24-9-4-3-5-10-24)20-19-31(25(22-32)21-23-14-16-26(33)17-15-23)18-8-12-28-27-11-6-7-13-29(27)34-30(28)31;1-34(2)32(25-14-7-4-8-15-25)21-20-31(26(23-32)22-24-12-5-3-6-13-24)19-11-17-28-27-16-9-10-18-29(27)33-30(28)31;1-34(2)31(23-9-4-3-5-10-23)20-19-30(27(21-31)22-14-16-24(32)17-15-22)18-8-12-26-25-11-6-7-13-28(25)33-29(26)30;1-33(2)31(24-14-7-4-8-15-24)21-20-30(27(22-31)23-12-5-3-6-13-23)19-11-17-26-25-16-9-10-18-28(25)32-29(26)30/h3-7,9-11,13-17,25,34H,8,12,18-22H2,1-2H3;3-10,12-16,18,26,33H,11,17,19-23H2,1-2H3;3-7,9-11,13-17,27,33H,8,12,18-21H2,1-2H3;3-10,12-16,18,27,32H,11,17,19-22H2,1-2H3. The molecule has 8 nitrogen and oxygen atoms in total. The topological polar surface area (TPSA) is 76.1 Å². The lowest BCUT2D eigenvalue weighted by molar-refractivity contribution is 0.0125. The van der Waals surface area contributed by atoms with E-state index < -0.39 is 0 Å². The number of aryl methyl sites for hydroxylation is 4. The molecule has 8 aliphatic rings. The van der Waals surface area contributed by atoms with Gasteiger partial charge in [0.05, 0.1) is 0 Å². The van der Waals surface area contributed by atoms with Gasteiger partial charge in [0.25, 0.3) is 0 Å². The number of H-pyrrole nitrogens is 4. The molecule has 4 aromatic heterocycles. The molecule has 10 heteroatoms. The molecule has 136 heavy (non-hydrogen) atoms. The summed E-state index contributed by atoms with van der Waals surface area (Å²) < 4.78 is 27.8. The zero-order chi connectivity index (χ0) is 93.0. The molecule has 24 rings (SSSR count). The molecule has 0 radical (unpaired) electrons. The van der Waals surface area contributed by atoms with Crippen LogP contribution < -0.4 is 0 Å². The Morgan fingerprint density at radius 3 is 0.801 bits per heavy atom. The number of aromatic amines is 4. The van der Waals surface area contributed by atoms with Gasteiger partial charge in [-0.3, -0.25) is 19.6 Å². The van der Waals surface area contributed by atoms with E-state index in [9.17, 15) is 8.78 Å². The van der Waals surface area contributed by atoms with Gasteiger partial charge in [-0.05, 0) is 362 Å². The second-order valence-corrected chi connectivity index (χ2v) is 43.1. The Balaban J connectivity index is 0.000000108. The van der Waals surface area contributed by atoms with E-state index in [-0.39, 0.29) is 55.5 Å². The number of nitrogens with one attached hydrogen (secondary N) is 4. The third-order valence-corrected chi connectivity index (χ3v) is 36.4. The fourth-order valence-corrected chi connectivity index (χ4v) is 29.3. The fraction of sp³-hybridized carbons (Fsp3) is 0.365. The summed E-state index contributed by atoms with van der Waals surface area (Å²) in [6, 6.07) is 117. The van der Waals surface area contributed by atoms with Gasteiger partial charge in [-0.1, -0.05) is 279 Å². The van der Waals surface area contributed by atoms with Gasteiger partial charge >= 0.3 is 0 Å². The molecule has 4 N–H and O–H groups in total. The average Bonchev–Trinajstić information content (AvgIpc) is 1.47. The molecular formula is C126H138F2N8. The molecule has 696 valence electrons. The molecule has 16 aromatic rings. The molecule has 12 aromatic carbocycles. The molecular weight excluding hydrogens is 1660 g/mol. The van der Waals surface area contributed by atoms with E-state index in [1.165, 1.54) is 213 Å². The number of nitrogens with zero attached hydrogens (tertiary/aromatic N) is 4. The van der Waals surface area contributed by atoms with Crippen LogP contribution in [0.15, 0.2) is 328 Å². The Hall–Kier alpha value is -11.5. The van der Waals surface area contributed by atoms with Crippen molar-refractivity contribution in [2.45, 2.75) is 223 Å². The van der Waals surface area contributed by atoms with Crippen LogP contribution in [0.25, 0.3) is 43.6 Å².